The van der Waals surface area contributed by atoms with Crippen LogP contribution in [0.25, 0.3) is 10.2 Å². The van der Waals surface area contributed by atoms with Gasteiger partial charge < -0.3 is 4.90 Å². The van der Waals surface area contributed by atoms with Gasteiger partial charge in [0.15, 0.2) is 5.13 Å². The Kier molecular flexibility index (Phi) is 9.36. The Labute approximate surface area is 185 Å². The maximum atomic E-state index is 13.0. The number of anilines is 1. The molecule has 0 spiro atoms. The van der Waals surface area contributed by atoms with Crippen LogP contribution < -0.4 is 4.90 Å². The second-order valence-electron chi connectivity index (χ2n) is 6.72. The molecule has 0 aliphatic heterocycles. The highest BCUT2D eigenvalue weighted by molar-refractivity contribution is 7.99. The number of thiazole rings is 1. The number of hydrogen-bond acceptors (Lipinski definition) is 5. The second kappa shape index (κ2) is 11.5. The zero-order chi connectivity index (χ0) is 19.9. The van der Waals surface area contributed by atoms with E-state index >= 15 is 0 Å². The first-order valence-electron chi connectivity index (χ1n) is 9.22. The quantitative estimate of drug-likeness (QED) is 0.324. The minimum absolute atomic E-state index is 0. The molecule has 3 rings (SSSR count). The molecule has 0 radical (unpaired) electrons. The van der Waals surface area contributed by atoms with E-state index in [9.17, 15) is 9.18 Å². The Bertz CT molecular complexity index is 885. The first-order valence-corrected chi connectivity index (χ1v) is 11.0. The standard InChI is InChI=1S/C21H24FN3OS2.ClH/c1-24(2)13-14-25(21-23-18-6-3-4-7-19(18)28-21)20(26)8-5-15-27-17-11-9-16(22)10-12-17;/h3-4,6-7,9-12H,5,8,13-15H2,1-2H3;1H. The fraction of sp³-hybridized carbons (Fsp3) is 0.333. The van der Waals surface area contributed by atoms with Crippen LogP contribution >= 0.6 is 35.5 Å². The van der Waals surface area contributed by atoms with Crippen molar-refractivity contribution in [2.75, 3.05) is 37.8 Å². The number of benzene rings is 2. The fourth-order valence-electron chi connectivity index (χ4n) is 2.68. The molecule has 4 nitrogen and oxygen atoms in total. The van der Waals surface area contributed by atoms with Crippen LogP contribution in [0, 0.1) is 5.82 Å². The molecule has 156 valence electrons. The van der Waals surface area contributed by atoms with Crippen LogP contribution in [0.15, 0.2) is 53.4 Å². The summed E-state index contributed by atoms with van der Waals surface area (Å²) >= 11 is 3.20. The van der Waals surface area contributed by atoms with E-state index in [1.165, 1.54) is 12.1 Å². The molecule has 0 unspecified atom stereocenters. The summed E-state index contributed by atoms with van der Waals surface area (Å²) in [5, 5.41) is 0.763. The number of likely N-dealkylation sites (N-methyl/N-ethyl adjacent to an activating group) is 1. The average Bonchev–Trinajstić information content (AvgIpc) is 3.10. The third-order valence-electron chi connectivity index (χ3n) is 4.20. The van der Waals surface area contributed by atoms with Crippen molar-refractivity contribution in [3.63, 3.8) is 0 Å². The van der Waals surface area contributed by atoms with Gasteiger partial charge in [-0.2, -0.15) is 0 Å². The van der Waals surface area contributed by atoms with Crippen LogP contribution in [-0.4, -0.2) is 48.7 Å². The maximum absolute atomic E-state index is 13.0. The number of amides is 1. The Hall–Kier alpha value is -1.67. The van der Waals surface area contributed by atoms with Gasteiger partial charge in [0, 0.05) is 24.4 Å². The number of rotatable bonds is 9. The SMILES string of the molecule is CN(C)CCN(C(=O)CCCSc1ccc(F)cc1)c1nc2ccccc2s1.Cl. The van der Waals surface area contributed by atoms with Gasteiger partial charge in [-0.25, -0.2) is 9.37 Å². The molecule has 0 bridgehead atoms. The van der Waals surface area contributed by atoms with E-state index in [-0.39, 0.29) is 24.1 Å². The molecule has 1 aromatic heterocycles. The number of halogens is 2. The van der Waals surface area contributed by atoms with Gasteiger partial charge in [-0.15, -0.1) is 24.2 Å². The van der Waals surface area contributed by atoms with Gasteiger partial charge in [0.25, 0.3) is 0 Å². The van der Waals surface area contributed by atoms with E-state index in [1.54, 1.807) is 35.2 Å². The summed E-state index contributed by atoms with van der Waals surface area (Å²) in [6.07, 6.45) is 1.24. The molecule has 3 aromatic rings. The topological polar surface area (TPSA) is 36.4 Å². The fourth-order valence-corrected chi connectivity index (χ4v) is 4.54. The van der Waals surface area contributed by atoms with Crippen molar-refractivity contribution in [3.8, 4) is 0 Å². The van der Waals surface area contributed by atoms with Crippen LogP contribution in [-0.2, 0) is 4.79 Å². The third kappa shape index (κ3) is 6.96. The van der Waals surface area contributed by atoms with Crippen LogP contribution in [0.2, 0.25) is 0 Å². The van der Waals surface area contributed by atoms with Gasteiger partial charge in [-0.05, 0) is 62.7 Å². The lowest BCUT2D eigenvalue weighted by molar-refractivity contribution is -0.118. The van der Waals surface area contributed by atoms with Crippen LogP contribution in [0.3, 0.4) is 0 Å². The normalized spacial score (nSPS) is 10.9. The Morgan fingerprint density at radius 1 is 1.10 bits per heavy atom. The average molecular weight is 454 g/mol. The largest absolute Gasteiger partial charge is 0.308 e. The Balaban J connectivity index is 0.00000300. The summed E-state index contributed by atoms with van der Waals surface area (Å²) < 4.78 is 14.1. The highest BCUT2D eigenvalue weighted by Gasteiger charge is 2.19. The minimum atomic E-state index is -0.230. The highest BCUT2D eigenvalue weighted by Crippen LogP contribution is 2.29. The number of hydrogen-bond donors (Lipinski definition) is 0. The molecular formula is C21H25ClFN3OS2. The van der Waals surface area contributed by atoms with E-state index in [1.807, 2.05) is 43.3 Å². The summed E-state index contributed by atoms with van der Waals surface area (Å²) in [6, 6.07) is 14.4. The zero-order valence-corrected chi connectivity index (χ0v) is 19.0. The first kappa shape index (κ1) is 23.6. The maximum Gasteiger partial charge on any atom is 0.228 e. The third-order valence-corrected chi connectivity index (χ3v) is 6.36. The molecule has 0 fully saturated rings. The van der Waals surface area contributed by atoms with Crippen molar-refractivity contribution in [3.05, 3.63) is 54.3 Å². The van der Waals surface area contributed by atoms with Gasteiger partial charge in [0.05, 0.1) is 10.2 Å². The summed E-state index contributed by atoms with van der Waals surface area (Å²) in [4.78, 5) is 22.5. The van der Waals surface area contributed by atoms with Crippen molar-refractivity contribution in [2.45, 2.75) is 17.7 Å². The Morgan fingerprint density at radius 3 is 2.52 bits per heavy atom. The van der Waals surface area contributed by atoms with E-state index in [4.69, 9.17) is 0 Å². The number of nitrogens with zero attached hydrogens (tertiary/aromatic N) is 3. The van der Waals surface area contributed by atoms with Gasteiger partial charge >= 0.3 is 0 Å². The molecule has 1 amide bonds. The lowest BCUT2D eigenvalue weighted by Crippen LogP contribution is -2.36. The van der Waals surface area contributed by atoms with E-state index < -0.39 is 0 Å². The van der Waals surface area contributed by atoms with Gasteiger partial charge in [-0.3, -0.25) is 9.69 Å². The predicted molar refractivity (Wildman–Crippen MR) is 124 cm³/mol. The monoisotopic (exact) mass is 453 g/mol. The molecular weight excluding hydrogens is 429 g/mol. The molecule has 8 heteroatoms. The molecule has 0 N–H and O–H groups in total. The smallest absolute Gasteiger partial charge is 0.228 e. The number of fused-ring (bicyclic) bond motifs is 1. The van der Waals surface area contributed by atoms with E-state index in [0.717, 1.165) is 39.0 Å². The van der Waals surface area contributed by atoms with Crippen LogP contribution in [0.5, 0.6) is 0 Å². The molecule has 2 aromatic carbocycles. The molecule has 0 aliphatic carbocycles. The highest BCUT2D eigenvalue weighted by atomic mass is 35.5. The van der Waals surface area contributed by atoms with Gasteiger partial charge in [0.2, 0.25) is 5.91 Å². The second-order valence-corrected chi connectivity index (χ2v) is 8.90. The summed E-state index contributed by atoms with van der Waals surface area (Å²) in [7, 11) is 4.00. The van der Waals surface area contributed by atoms with Crippen LogP contribution in [0.1, 0.15) is 12.8 Å². The first-order chi connectivity index (χ1) is 13.5. The van der Waals surface area contributed by atoms with E-state index in [2.05, 4.69) is 9.88 Å². The Morgan fingerprint density at radius 2 is 1.83 bits per heavy atom. The van der Waals surface area contributed by atoms with E-state index in [0.29, 0.717) is 13.0 Å². The number of carbonyl (C=O) groups excluding carboxylic acids is 1. The lowest BCUT2D eigenvalue weighted by atomic mass is 10.3. The molecule has 0 saturated carbocycles. The van der Waals surface area contributed by atoms with Crippen molar-refractivity contribution >= 4 is 56.8 Å². The molecule has 0 aliphatic rings. The minimum Gasteiger partial charge on any atom is -0.308 e. The number of aromatic nitrogens is 1. The zero-order valence-electron chi connectivity index (χ0n) is 16.5. The van der Waals surface area contributed by atoms with Gasteiger partial charge in [0.1, 0.15) is 5.82 Å². The predicted octanol–water partition coefficient (Wildman–Crippen LogP) is 5.32. The van der Waals surface area contributed by atoms with Crippen LogP contribution in [0.4, 0.5) is 9.52 Å². The lowest BCUT2D eigenvalue weighted by Gasteiger charge is -2.22. The number of thioether (sulfide) groups is 1. The summed E-state index contributed by atoms with van der Waals surface area (Å²) in [6.45, 7) is 1.41. The van der Waals surface area contributed by atoms with Crippen molar-refractivity contribution in [2.24, 2.45) is 0 Å². The van der Waals surface area contributed by atoms with Crippen molar-refractivity contribution in [1.29, 1.82) is 0 Å². The van der Waals surface area contributed by atoms with Crippen molar-refractivity contribution < 1.29 is 9.18 Å². The number of para-hydroxylation sites is 1. The van der Waals surface area contributed by atoms with Crippen molar-refractivity contribution in [1.82, 2.24) is 9.88 Å². The molecule has 0 saturated heterocycles. The summed E-state index contributed by atoms with van der Waals surface area (Å²) in [5.41, 5.74) is 0.928. The molecule has 0 atom stereocenters. The molecule has 29 heavy (non-hydrogen) atoms. The number of carbonyl (C=O) groups is 1. The molecule has 1 heterocycles. The van der Waals surface area contributed by atoms with Gasteiger partial charge in [-0.1, -0.05) is 23.5 Å². The summed E-state index contributed by atoms with van der Waals surface area (Å²) in [5.74, 6) is 0.686.